The number of amides is 1. The third-order valence-corrected chi connectivity index (χ3v) is 5.41. The lowest BCUT2D eigenvalue weighted by molar-refractivity contribution is -0.137. The summed E-state index contributed by atoms with van der Waals surface area (Å²) in [4.78, 5) is 19.0. The molecule has 1 aliphatic heterocycles. The Morgan fingerprint density at radius 1 is 1.03 bits per heavy atom. The van der Waals surface area contributed by atoms with E-state index in [1.165, 1.54) is 12.1 Å². The van der Waals surface area contributed by atoms with Crippen LogP contribution in [0.1, 0.15) is 29.8 Å². The molecule has 1 amide bonds. The fourth-order valence-electron chi connectivity index (χ4n) is 4.12. The van der Waals surface area contributed by atoms with E-state index in [4.69, 9.17) is 4.74 Å². The Morgan fingerprint density at radius 2 is 1.76 bits per heavy atom. The van der Waals surface area contributed by atoms with Crippen molar-refractivity contribution in [3.8, 4) is 11.3 Å². The van der Waals surface area contributed by atoms with Crippen LogP contribution < -0.4 is 10.2 Å². The second kappa shape index (κ2) is 9.23. The number of nitrogens with one attached hydrogen (secondary N) is 1. The van der Waals surface area contributed by atoms with E-state index in [0.717, 1.165) is 11.6 Å². The molecule has 4 rings (SSSR count). The molecule has 1 fully saturated rings. The third kappa shape index (κ3) is 5.17. The number of morpholine rings is 1. The van der Waals surface area contributed by atoms with Crippen molar-refractivity contribution in [2.45, 2.75) is 32.2 Å². The van der Waals surface area contributed by atoms with Crippen molar-refractivity contribution in [1.82, 2.24) is 4.98 Å². The highest BCUT2D eigenvalue weighted by Crippen LogP contribution is 2.42. The molecular weight excluding hydrogens is 431 g/mol. The maximum atomic E-state index is 13.9. The third-order valence-electron chi connectivity index (χ3n) is 5.41. The number of pyridine rings is 1. The van der Waals surface area contributed by atoms with Crippen molar-refractivity contribution in [2.75, 3.05) is 23.3 Å². The Labute approximate surface area is 190 Å². The first-order valence-electron chi connectivity index (χ1n) is 10.7. The average Bonchev–Trinajstić information content (AvgIpc) is 2.78. The first-order valence-corrected chi connectivity index (χ1v) is 10.7. The number of ether oxygens (including phenoxy) is 1. The van der Waals surface area contributed by atoms with E-state index in [-0.39, 0.29) is 36.7 Å². The van der Waals surface area contributed by atoms with Gasteiger partial charge in [0, 0.05) is 30.4 Å². The van der Waals surface area contributed by atoms with Crippen LogP contribution in [0, 0.1) is 0 Å². The molecule has 1 aromatic heterocycles. The Morgan fingerprint density at radius 3 is 2.42 bits per heavy atom. The topological polar surface area (TPSA) is 54.5 Å². The lowest BCUT2D eigenvalue weighted by Crippen LogP contribution is -2.46. The van der Waals surface area contributed by atoms with Gasteiger partial charge in [0.2, 0.25) is 0 Å². The molecule has 0 unspecified atom stereocenters. The number of hydrogen-bond acceptors (Lipinski definition) is 4. The standard InChI is InChI=1S/C25H24F3N3O2/c1-16-14-31(15-17(2)33-16)23-20(25(26,27)28)9-6-11-22(23)30-24(32)19-8-5-7-18(13-19)21-10-3-4-12-29-21/h3-13,16-17H,14-15H2,1-2H3,(H,30,32)/t16-,17+. The van der Waals surface area contributed by atoms with Gasteiger partial charge in [-0.2, -0.15) is 13.2 Å². The quantitative estimate of drug-likeness (QED) is 0.554. The highest BCUT2D eigenvalue weighted by atomic mass is 19.4. The maximum absolute atomic E-state index is 13.9. The summed E-state index contributed by atoms with van der Waals surface area (Å²) in [6.07, 6.45) is -3.40. The summed E-state index contributed by atoms with van der Waals surface area (Å²) in [7, 11) is 0. The van der Waals surface area contributed by atoms with E-state index < -0.39 is 17.6 Å². The number of carbonyl (C=O) groups excluding carboxylic acids is 1. The molecule has 1 N–H and O–H groups in total. The minimum atomic E-state index is -4.57. The number of nitrogens with zero attached hydrogens (tertiary/aromatic N) is 2. The molecule has 5 nitrogen and oxygen atoms in total. The normalized spacial score (nSPS) is 18.8. The zero-order valence-corrected chi connectivity index (χ0v) is 18.3. The number of para-hydroxylation sites is 1. The van der Waals surface area contributed by atoms with E-state index in [9.17, 15) is 18.0 Å². The molecule has 0 saturated carbocycles. The van der Waals surface area contributed by atoms with Gasteiger partial charge in [0.25, 0.3) is 5.91 Å². The van der Waals surface area contributed by atoms with Gasteiger partial charge in [-0.25, -0.2) is 0 Å². The summed E-state index contributed by atoms with van der Waals surface area (Å²) in [6.45, 7) is 4.21. The summed E-state index contributed by atoms with van der Waals surface area (Å²) in [5, 5.41) is 2.70. The second-order valence-corrected chi connectivity index (χ2v) is 8.11. The average molecular weight is 455 g/mol. The molecule has 2 heterocycles. The largest absolute Gasteiger partial charge is 0.418 e. The van der Waals surface area contributed by atoms with Crippen molar-refractivity contribution in [3.63, 3.8) is 0 Å². The molecule has 0 aliphatic carbocycles. The summed E-state index contributed by atoms with van der Waals surface area (Å²) >= 11 is 0. The van der Waals surface area contributed by atoms with Crippen LogP contribution in [-0.2, 0) is 10.9 Å². The smallest absolute Gasteiger partial charge is 0.372 e. The van der Waals surface area contributed by atoms with Gasteiger partial charge in [0.1, 0.15) is 0 Å². The summed E-state index contributed by atoms with van der Waals surface area (Å²) in [6, 6.07) is 16.1. The van der Waals surface area contributed by atoms with Crippen LogP contribution in [0.4, 0.5) is 24.5 Å². The number of aromatic nitrogens is 1. The van der Waals surface area contributed by atoms with Gasteiger partial charge >= 0.3 is 6.18 Å². The molecule has 0 spiro atoms. The fraction of sp³-hybridized carbons (Fsp3) is 0.280. The molecule has 172 valence electrons. The first kappa shape index (κ1) is 22.8. The Kier molecular flexibility index (Phi) is 6.37. The van der Waals surface area contributed by atoms with Gasteiger partial charge in [-0.1, -0.05) is 24.3 Å². The van der Waals surface area contributed by atoms with Gasteiger partial charge in [-0.05, 0) is 50.2 Å². The summed E-state index contributed by atoms with van der Waals surface area (Å²) in [5.74, 6) is -0.497. The first-order chi connectivity index (χ1) is 15.7. The number of halogens is 3. The van der Waals surface area contributed by atoms with Crippen LogP contribution in [-0.4, -0.2) is 36.2 Å². The van der Waals surface area contributed by atoms with Crippen LogP contribution in [0.25, 0.3) is 11.3 Å². The van der Waals surface area contributed by atoms with Gasteiger partial charge in [-0.3, -0.25) is 9.78 Å². The van der Waals surface area contributed by atoms with E-state index in [0.29, 0.717) is 11.3 Å². The second-order valence-electron chi connectivity index (χ2n) is 8.11. The monoisotopic (exact) mass is 455 g/mol. The Balaban J connectivity index is 1.69. The Bertz CT molecular complexity index is 1130. The molecule has 3 aromatic rings. The van der Waals surface area contributed by atoms with Crippen LogP contribution in [0.15, 0.2) is 66.9 Å². The van der Waals surface area contributed by atoms with Crippen LogP contribution >= 0.6 is 0 Å². The predicted molar refractivity (Wildman–Crippen MR) is 121 cm³/mol. The lowest BCUT2D eigenvalue weighted by Gasteiger charge is -2.38. The van der Waals surface area contributed by atoms with E-state index in [1.54, 1.807) is 35.4 Å². The number of anilines is 2. The molecule has 33 heavy (non-hydrogen) atoms. The fourth-order valence-corrected chi connectivity index (χ4v) is 4.12. The van der Waals surface area contributed by atoms with Crippen molar-refractivity contribution in [3.05, 3.63) is 78.0 Å². The summed E-state index contributed by atoms with van der Waals surface area (Å²) < 4.78 is 47.4. The van der Waals surface area contributed by atoms with Crippen molar-refractivity contribution in [1.29, 1.82) is 0 Å². The molecule has 8 heteroatoms. The van der Waals surface area contributed by atoms with E-state index >= 15 is 0 Å². The number of hydrogen-bond donors (Lipinski definition) is 1. The molecule has 2 aromatic carbocycles. The van der Waals surface area contributed by atoms with Crippen LogP contribution in [0.5, 0.6) is 0 Å². The Hall–Kier alpha value is -3.39. The van der Waals surface area contributed by atoms with Crippen molar-refractivity contribution < 1.29 is 22.7 Å². The van der Waals surface area contributed by atoms with E-state index in [1.807, 2.05) is 32.0 Å². The van der Waals surface area contributed by atoms with Gasteiger partial charge < -0.3 is 15.0 Å². The number of rotatable bonds is 4. The number of alkyl halides is 3. The summed E-state index contributed by atoms with van der Waals surface area (Å²) in [5.41, 5.74) is 1.04. The molecule has 0 radical (unpaired) electrons. The van der Waals surface area contributed by atoms with E-state index in [2.05, 4.69) is 10.3 Å². The zero-order chi connectivity index (χ0) is 23.6. The predicted octanol–water partition coefficient (Wildman–Crippen LogP) is 5.63. The highest BCUT2D eigenvalue weighted by Gasteiger charge is 2.38. The van der Waals surface area contributed by atoms with Gasteiger partial charge in [0.05, 0.1) is 34.8 Å². The van der Waals surface area contributed by atoms with Crippen LogP contribution in [0.2, 0.25) is 0 Å². The lowest BCUT2D eigenvalue weighted by atomic mass is 10.1. The maximum Gasteiger partial charge on any atom is 0.418 e. The highest BCUT2D eigenvalue weighted by molar-refractivity contribution is 6.06. The molecule has 1 aliphatic rings. The van der Waals surface area contributed by atoms with Gasteiger partial charge in [-0.15, -0.1) is 0 Å². The van der Waals surface area contributed by atoms with Crippen LogP contribution in [0.3, 0.4) is 0 Å². The van der Waals surface area contributed by atoms with Gasteiger partial charge in [0.15, 0.2) is 0 Å². The molecule has 2 atom stereocenters. The van der Waals surface area contributed by atoms with Crippen molar-refractivity contribution >= 4 is 17.3 Å². The zero-order valence-electron chi connectivity index (χ0n) is 18.3. The number of benzene rings is 2. The molecule has 1 saturated heterocycles. The molecule has 0 bridgehead atoms. The molecular formula is C25H24F3N3O2. The number of carbonyl (C=O) groups is 1. The minimum Gasteiger partial charge on any atom is -0.372 e. The van der Waals surface area contributed by atoms with Crippen molar-refractivity contribution in [2.24, 2.45) is 0 Å². The SMILES string of the molecule is C[C@@H]1CN(c2c(NC(=O)c3cccc(-c4ccccn4)c3)cccc2C(F)(F)F)C[C@H](C)O1. The minimum absolute atomic E-state index is 0.0405.